The Morgan fingerprint density at radius 1 is 1.13 bits per heavy atom. The lowest BCUT2D eigenvalue weighted by molar-refractivity contribution is -0.118. The number of rotatable bonds is 8. The Morgan fingerprint density at radius 3 is 2.53 bits per heavy atom. The summed E-state index contributed by atoms with van der Waals surface area (Å²) < 4.78 is 2.18. The molecule has 38 heavy (non-hydrogen) atoms. The largest absolute Gasteiger partial charge is 0.367 e. The normalized spacial score (nSPS) is 13.2. The molecule has 8 nitrogen and oxygen atoms in total. The van der Waals surface area contributed by atoms with E-state index < -0.39 is 0 Å². The third-order valence-electron chi connectivity index (χ3n) is 6.83. The summed E-state index contributed by atoms with van der Waals surface area (Å²) in [5.74, 6) is 0.288. The van der Waals surface area contributed by atoms with Crippen molar-refractivity contribution in [3.8, 4) is 0 Å². The maximum absolute atomic E-state index is 13.7. The average molecular weight is 516 g/mol. The zero-order valence-electron chi connectivity index (χ0n) is 23.0. The molecule has 0 bridgehead atoms. The summed E-state index contributed by atoms with van der Waals surface area (Å²) in [6.45, 7) is 12.3. The van der Waals surface area contributed by atoms with Gasteiger partial charge in [-0.25, -0.2) is 0 Å². The number of benzene rings is 1. The summed E-state index contributed by atoms with van der Waals surface area (Å²) in [7, 11) is 0. The fourth-order valence-electron chi connectivity index (χ4n) is 5.08. The van der Waals surface area contributed by atoms with Crippen molar-refractivity contribution in [3.63, 3.8) is 0 Å². The monoisotopic (exact) mass is 515 g/mol. The lowest BCUT2D eigenvalue weighted by Crippen LogP contribution is -2.32. The van der Waals surface area contributed by atoms with Gasteiger partial charge in [-0.2, -0.15) is 0 Å². The second kappa shape index (κ2) is 11.1. The van der Waals surface area contributed by atoms with Gasteiger partial charge in [0.2, 0.25) is 5.91 Å². The van der Waals surface area contributed by atoms with Crippen LogP contribution in [0.2, 0.25) is 0 Å². The maximum Gasteiger partial charge on any atom is 0.253 e. The summed E-state index contributed by atoms with van der Waals surface area (Å²) in [6, 6.07) is 6.24. The van der Waals surface area contributed by atoms with Crippen molar-refractivity contribution in [1.82, 2.24) is 25.5 Å². The molecule has 2 aromatic heterocycles. The number of nitrogens with zero attached hydrogens (tertiary/aromatic N) is 1. The second-order valence-corrected chi connectivity index (χ2v) is 10.3. The van der Waals surface area contributed by atoms with Crippen molar-refractivity contribution in [1.29, 1.82) is 0 Å². The van der Waals surface area contributed by atoms with Crippen LogP contribution in [0.5, 0.6) is 0 Å². The van der Waals surface area contributed by atoms with Crippen LogP contribution in [-0.2, 0) is 17.8 Å². The number of amides is 2. The molecule has 4 N–H and O–H groups in total. The molecule has 8 heteroatoms. The first-order valence-corrected chi connectivity index (χ1v) is 13.2. The lowest BCUT2D eigenvalue weighted by atomic mass is 9.96. The number of hydrogen-bond acceptors (Lipinski definition) is 4. The Morgan fingerprint density at radius 2 is 1.89 bits per heavy atom. The molecule has 200 valence electrons. The number of allylic oxidation sites excluding steroid dienone is 2. The topological polar surface area (TPSA) is 108 Å². The number of H-pyrrole nitrogens is 1. The summed E-state index contributed by atoms with van der Waals surface area (Å²) in [6.07, 6.45) is 7.57. The Balaban J connectivity index is 1.75. The van der Waals surface area contributed by atoms with E-state index in [4.69, 9.17) is 0 Å². The van der Waals surface area contributed by atoms with Gasteiger partial charge in [-0.05, 0) is 80.7 Å². The molecular formula is C30H37N5O3. The van der Waals surface area contributed by atoms with Gasteiger partial charge in [-0.3, -0.25) is 14.4 Å². The van der Waals surface area contributed by atoms with Crippen molar-refractivity contribution >= 4 is 28.3 Å². The van der Waals surface area contributed by atoms with Crippen LogP contribution in [0.3, 0.4) is 0 Å². The van der Waals surface area contributed by atoms with Crippen LogP contribution >= 0.6 is 0 Å². The van der Waals surface area contributed by atoms with Gasteiger partial charge >= 0.3 is 0 Å². The predicted molar refractivity (Wildman–Crippen MR) is 152 cm³/mol. The smallest absolute Gasteiger partial charge is 0.253 e. The third-order valence-corrected chi connectivity index (χ3v) is 6.83. The fourth-order valence-corrected chi connectivity index (χ4v) is 5.08. The summed E-state index contributed by atoms with van der Waals surface area (Å²) in [5.41, 5.74) is 6.74. The predicted octanol–water partition coefficient (Wildman–Crippen LogP) is 4.37. The molecule has 1 aliphatic rings. The number of nitrogens with one attached hydrogen (secondary N) is 4. The highest BCUT2D eigenvalue weighted by Crippen LogP contribution is 2.32. The van der Waals surface area contributed by atoms with Crippen LogP contribution in [-0.4, -0.2) is 27.9 Å². The minimum absolute atomic E-state index is 0.138. The zero-order valence-corrected chi connectivity index (χ0v) is 23.0. The lowest BCUT2D eigenvalue weighted by Gasteiger charge is -2.19. The highest BCUT2D eigenvalue weighted by atomic mass is 16.2. The molecule has 0 aliphatic carbocycles. The summed E-state index contributed by atoms with van der Waals surface area (Å²) in [5, 5.41) is 9.93. The Hall–Kier alpha value is -4.07. The third kappa shape index (κ3) is 5.59. The van der Waals surface area contributed by atoms with Gasteiger partial charge in [0.15, 0.2) is 0 Å². The van der Waals surface area contributed by atoms with Crippen LogP contribution in [0.25, 0.3) is 16.5 Å². The number of dihydropyridines is 1. The SMILES string of the molecule is CCCc1cc(C)[nH]c(=O)c1CNC(=O)c1cc(C2=CC=C(NC(C)=O)NC2)cc2c1c(C)cn2C(C)C. The number of hydrogen-bond donors (Lipinski definition) is 4. The first kappa shape index (κ1) is 27.0. The molecular weight excluding hydrogens is 478 g/mol. The standard InChI is InChI=1S/C30H37N5O3/c1-7-8-21-11-19(5)33-30(38)25(21)15-32-29(37)24-12-23(22-9-10-27(31-14-22)34-20(6)36)13-26-28(24)18(4)16-35(26)17(2)3/h9-13,16-17,31H,7-8,14-15H2,1-6H3,(H,32,37)(H,33,38)(H,34,36). The molecule has 0 saturated heterocycles. The average Bonchev–Trinajstić information content (AvgIpc) is 3.19. The second-order valence-electron chi connectivity index (χ2n) is 10.3. The van der Waals surface area contributed by atoms with Crippen LogP contribution in [0, 0.1) is 13.8 Å². The van der Waals surface area contributed by atoms with Gasteiger partial charge in [0, 0.05) is 60.0 Å². The minimum atomic E-state index is -0.220. The van der Waals surface area contributed by atoms with Crippen molar-refractivity contribution < 1.29 is 9.59 Å². The van der Waals surface area contributed by atoms with E-state index in [0.29, 0.717) is 23.5 Å². The Kier molecular flexibility index (Phi) is 7.90. The van der Waals surface area contributed by atoms with Gasteiger partial charge in [0.05, 0.1) is 0 Å². The van der Waals surface area contributed by atoms with Crippen LogP contribution in [0.1, 0.15) is 78.5 Å². The molecule has 0 saturated carbocycles. The molecule has 4 rings (SSSR count). The maximum atomic E-state index is 13.7. The number of fused-ring (bicyclic) bond motifs is 1. The quantitative estimate of drug-likeness (QED) is 0.357. The first-order valence-electron chi connectivity index (χ1n) is 13.2. The molecule has 0 fully saturated rings. The van der Waals surface area contributed by atoms with E-state index in [1.54, 1.807) is 0 Å². The number of aromatic amines is 1. The van der Waals surface area contributed by atoms with Gasteiger partial charge in [0.1, 0.15) is 5.82 Å². The fraction of sp³-hybridized carbons (Fsp3) is 0.367. The van der Waals surface area contributed by atoms with E-state index in [9.17, 15) is 14.4 Å². The van der Waals surface area contributed by atoms with Crippen LogP contribution in [0.15, 0.2) is 47.2 Å². The van der Waals surface area contributed by atoms with Crippen LogP contribution < -0.4 is 21.5 Å². The van der Waals surface area contributed by atoms with E-state index in [1.807, 2.05) is 38.1 Å². The molecule has 1 aliphatic heterocycles. The van der Waals surface area contributed by atoms with Gasteiger partial charge in [0.25, 0.3) is 11.5 Å². The van der Waals surface area contributed by atoms with Crippen LogP contribution in [0.4, 0.5) is 0 Å². The number of pyridine rings is 1. The van der Waals surface area contributed by atoms with E-state index in [2.05, 4.69) is 58.5 Å². The van der Waals surface area contributed by atoms with E-state index in [-0.39, 0.29) is 30.0 Å². The Bertz CT molecular complexity index is 1520. The summed E-state index contributed by atoms with van der Waals surface area (Å²) >= 11 is 0. The Labute approximate surface area is 223 Å². The van der Waals surface area contributed by atoms with Gasteiger partial charge < -0.3 is 25.5 Å². The molecule has 3 heterocycles. The number of carbonyl (C=O) groups is 2. The number of aromatic nitrogens is 2. The molecule has 0 spiro atoms. The van der Waals surface area contributed by atoms with E-state index >= 15 is 0 Å². The molecule has 3 aromatic rings. The van der Waals surface area contributed by atoms with Gasteiger partial charge in [-0.15, -0.1) is 0 Å². The minimum Gasteiger partial charge on any atom is -0.367 e. The first-order chi connectivity index (χ1) is 18.1. The molecule has 2 amide bonds. The highest BCUT2D eigenvalue weighted by molar-refractivity contribution is 6.09. The summed E-state index contributed by atoms with van der Waals surface area (Å²) in [4.78, 5) is 40.7. The van der Waals surface area contributed by atoms with E-state index in [0.717, 1.165) is 51.7 Å². The molecule has 0 unspecified atom stereocenters. The molecule has 1 aromatic carbocycles. The number of carbonyl (C=O) groups excluding carboxylic acids is 2. The molecule has 0 radical (unpaired) electrons. The number of aryl methyl sites for hydroxylation is 3. The van der Waals surface area contributed by atoms with Crippen molar-refractivity contribution in [3.05, 3.63) is 86.2 Å². The van der Waals surface area contributed by atoms with Crippen molar-refractivity contribution in [2.45, 2.75) is 67.0 Å². The highest BCUT2D eigenvalue weighted by Gasteiger charge is 2.21. The molecule has 0 atom stereocenters. The van der Waals surface area contributed by atoms with Crippen molar-refractivity contribution in [2.75, 3.05) is 6.54 Å². The van der Waals surface area contributed by atoms with Gasteiger partial charge in [-0.1, -0.05) is 19.4 Å². The zero-order chi connectivity index (χ0) is 27.6. The van der Waals surface area contributed by atoms with Crippen molar-refractivity contribution in [2.24, 2.45) is 0 Å². The van der Waals surface area contributed by atoms with E-state index in [1.165, 1.54) is 6.92 Å².